The Hall–Kier alpha value is -2.95. The molecule has 1 atom stereocenters. The molecule has 0 radical (unpaired) electrons. The third-order valence-electron chi connectivity index (χ3n) is 5.58. The van der Waals surface area contributed by atoms with Crippen LogP contribution in [0.5, 0.6) is 0 Å². The monoisotopic (exact) mass is 415 g/mol. The van der Waals surface area contributed by atoms with Crippen molar-refractivity contribution in [3.63, 3.8) is 0 Å². The lowest BCUT2D eigenvalue weighted by molar-refractivity contribution is 0.471. The lowest BCUT2D eigenvalue weighted by atomic mass is 9.88. The predicted octanol–water partition coefficient (Wildman–Crippen LogP) is 5.30. The van der Waals surface area contributed by atoms with Crippen LogP contribution in [0.25, 0.3) is 5.57 Å². The van der Waals surface area contributed by atoms with E-state index in [9.17, 15) is 8.42 Å². The maximum absolute atomic E-state index is 13.3. The highest BCUT2D eigenvalue weighted by molar-refractivity contribution is 7.89. The van der Waals surface area contributed by atoms with Crippen molar-refractivity contribution in [1.82, 2.24) is 4.31 Å². The van der Waals surface area contributed by atoms with Gasteiger partial charge in [-0.1, -0.05) is 84.4 Å². The van der Waals surface area contributed by atoms with Crippen LogP contribution >= 0.6 is 0 Å². The van der Waals surface area contributed by atoms with Gasteiger partial charge in [-0.15, -0.1) is 6.58 Å². The summed E-state index contributed by atoms with van der Waals surface area (Å²) in [6.45, 7) is 6.71. The summed E-state index contributed by atoms with van der Waals surface area (Å²) in [6.07, 6.45) is 1.87. The molecule has 0 N–H and O–H groups in total. The second-order valence-electron chi connectivity index (χ2n) is 7.59. The standard InChI is InChI=1S/C26H25NO2S/c1-3-21-18-27(30(28,29)24-16-14-20(2)15-17-24)19-25(21)26(22-10-6-4-7-11-22)23-12-8-5-9-13-23/h3-17,21H,1,18-19H2,2H3. The molecule has 4 heteroatoms. The SMILES string of the molecule is C=CC1CN(S(=O)(=O)c2ccc(C)cc2)CC1=C(c1ccccc1)c1ccccc1. The van der Waals surface area contributed by atoms with E-state index in [0.29, 0.717) is 18.0 Å². The Morgan fingerprint density at radius 3 is 1.93 bits per heavy atom. The number of aryl methyl sites for hydroxylation is 1. The van der Waals surface area contributed by atoms with Crippen LogP contribution in [0.3, 0.4) is 0 Å². The van der Waals surface area contributed by atoms with Gasteiger partial charge in [0.1, 0.15) is 0 Å². The Labute approximate surface area is 179 Å². The molecule has 0 aliphatic carbocycles. The zero-order valence-electron chi connectivity index (χ0n) is 17.0. The van der Waals surface area contributed by atoms with Crippen LogP contribution in [0.15, 0.2) is 108 Å². The number of benzene rings is 3. The first-order valence-corrected chi connectivity index (χ1v) is 11.5. The lowest BCUT2D eigenvalue weighted by Gasteiger charge is -2.17. The van der Waals surface area contributed by atoms with E-state index in [1.165, 1.54) is 0 Å². The fraction of sp³-hybridized carbons (Fsp3) is 0.154. The fourth-order valence-electron chi connectivity index (χ4n) is 3.97. The smallest absolute Gasteiger partial charge is 0.207 e. The van der Waals surface area contributed by atoms with E-state index >= 15 is 0 Å². The van der Waals surface area contributed by atoms with Gasteiger partial charge in [-0.3, -0.25) is 0 Å². The Morgan fingerprint density at radius 1 is 0.900 bits per heavy atom. The Balaban J connectivity index is 1.82. The molecule has 3 aromatic carbocycles. The molecule has 3 nitrogen and oxygen atoms in total. The molecular formula is C26H25NO2S. The van der Waals surface area contributed by atoms with Gasteiger partial charge in [0.05, 0.1) is 4.90 Å². The number of nitrogens with zero attached hydrogens (tertiary/aromatic N) is 1. The number of sulfonamides is 1. The maximum atomic E-state index is 13.3. The van der Waals surface area contributed by atoms with E-state index in [4.69, 9.17) is 0 Å². The summed E-state index contributed by atoms with van der Waals surface area (Å²) in [5.74, 6) is -0.0411. The van der Waals surface area contributed by atoms with Crippen molar-refractivity contribution in [2.75, 3.05) is 13.1 Å². The van der Waals surface area contributed by atoms with Crippen molar-refractivity contribution < 1.29 is 8.42 Å². The molecule has 3 aromatic rings. The van der Waals surface area contributed by atoms with Crippen molar-refractivity contribution in [3.8, 4) is 0 Å². The molecule has 4 rings (SSSR count). The van der Waals surface area contributed by atoms with Crippen LogP contribution in [-0.4, -0.2) is 25.8 Å². The topological polar surface area (TPSA) is 37.4 Å². The van der Waals surface area contributed by atoms with Crippen LogP contribution in [-0.2, 0) is 10.0 Å². The fourth-order valence-corrected chi connectivity index (χ4v) is 5.42. The zero-order chi connectivity index (χ0) is 21.1. The van der Waals surface area contributed by atoms with Crippen molar-refractivity contribution in [1.29, 1.82) is 0 Å². The highest BCUT2D eigenvalue weighted by Crippen LogP contribution is 2.37. The summed E-state index contributed by atoms with van der Waals surface area (Å²) in [5, 5.41) is 0. The van der Waals surface area contributed by atoms with Crippen molar-refractivity contribution in [3.05, 3.63) is 120 Å². The van der Waals surface area contributed by atoms with Gasteiger partial charge in [-0.25, -0.2) is 8.42 Å². The van der Waals surface area contributed by atoms with Crippen LogP contribution < -0.4 is 0 Å². The van der Waals surface area contributed by atoms with Crippen molar-refractivity contribution >= 4 is 15.6 Å². The Kier molecular flexibility index (Phi) is 5.71. The summed E-state index contributed by atoms with van der Waals surface area (Å²) in [6, 6.07) is 27.4. The molecule has 1 saturated heterocycles. The minimum absolute atomic E-state index is 0.0411. The normalized spacial score (nSPS) is 17.1. The van der Waals surface area contributed by atoms with Crippen LogP contribution in [0.4, 0.5) is 0 Å². The average Bonchev–Trinajstić information content (AvgIpc) is 3.21. The molecule has 152 valence electrons. The van der Waals surface area contributed by atoms with Gasteiger partial charge in [-0.05, 0) is 41.3 Å². The summed E-state index contributed by atoms with van der Waals surface area (Å²) in [7, 11) is -3.58. The van der Waals surface area contributed by atoms with E-state index < -0.39 is 10.0 Å². The molecule has 1 aliphatic rings. The molecule has 1 heterocycles. The molecule has 0 amide bonds. The summed E-state index contributed by atoms with van der Waals surface area (Å²) in [4.78, 5) is 0.332. The molecule has 0 saturated carbocycles. The third-order valence-corrected chi connectivity index (χ3v) is 7.41. The van der Waals surface area contributed by atoms with Crippen molar-refractivity contribution in [2.24, 2.45) is 5.92 Å². The van der Waals surface area contributed by atoms with Crippen LogP contribution in [0.2, 0.25) is 0 Å². The highest BCUT2D eigenvalue weighted by Gasteiger charge is 2.36. The molecule has 30 heavy (non-hydrogen) atoms. The van der Waals surface area contributed by atoms with Gasteiger partial charge in [-0.2, -0.15) is 4.31 Å². The first-order chi connectivity index (χ1) is 14.5. The maximum Gasteiger partial charge on any atom is 0.243 e. The highest BCUT2D eigenvalue weighted by atomic mass is 32.2. The predicted molar refractivity (Wildman–Crippen MR) is 123 cm³/mol. The summed E-state index contributed by atoms with van der Waals surface area (Å²) in [5.41, 5.74) is 5.37. The quantitative estimate of drug-likeness (QED) is 0.530. The Morgan fingerprint density at radius 2 is 1.43 bits per heavy atom. The largest absolute Gasteiger partial charge is 0.243 e. The minimum Gasteiger partial charge on any atom is -0.207 e. The van der Waals surface area contributed by atoms with Crippen LogP contribution in [0.1, 0.15) is 16.7 Å². The molecule has 0 bridgehead atoms. The summed E-state index contributed by atoms with van der Waals surface area (Å²) >= 11 is 0. The first-order valence-electron chi connectivity index (χ1n) is 10.0. The van der Waals surface area contributed by atoms with E-state index in [-0.39, 0.29) is 5.92 Å². The average molecular weight is 416 g/mol. The third kappa shape index (κ3) is 3.89. The van der Waals surface area contributed by atoms with Gasteiger partial charge in [0.15, 0.2) is 0 Å². The van der Waals surface area contributed by atoms with Gasteiger partial charge >= 0.3 is 0 Å². The summed E-state index contributed by atoms with van der Waals surface area (Å²) < 4.78 is 28.2. The molecule has 1 fully saturated rings. The van der Waals surface area contributed by atoms with Crippen molar-refractivity contribution in [2.45, 2.75) is 11.8 Å². The number of rotatable bonds is 5. The first kappa shape index (κ1) is 20.3. The van der Waals surface area contributed by atoms with E-state index in [1.54, 1.807) is 16.4 Å². The second-order valence-corrected chi connectivity index (χ2v) is 9.52. The molecule has 1 aliphatic heterocycles. The molecular weight excluding hydrogens is 390 g/mol. The van der Waals surface area contributed by atoms with E-state index in [1.807, 2.05) is 61.5 Å². The van der Waals surface area contributed by atoms with E-state index in [0.717, 1.165) is 27.8 Å². The molecule has 0 spiro atoms. The van der Waals surface area contributed by atoms with Crippen LogP contribution in [0, 0.1) is 12.8 Å². The Bertz CT molecular complexity index is 1120. The van der Waals surface area contributed by atoms with Gasteiger partial charge in [0.25, 0.3) is 0 Å². The minimum atomic E-state index is -3.58. The lowest BCUT2D eigenvalue weighted by Crippen LogP contribution is -2.28. The zero-order valence-corrected chi connectivity index (χ0v) is 17.8. The number of hydrogen-bond acceptors (Lipinski definition) is 2. The molecule has 0 aromatic heterocycles. The molecule has 1 unspecified atom stereocenters. The van der Waals surface area contributed by atoms with Gasteiger partial charge < -0.3 is 0 Å². The van der Waals surface area contributed by atoms with E-state index in [2.05, 4.69) is 30.8 Å². The second kappa shape index (κ2) is 8.42. The van der Waals surface area contributed by atoms with Gasteiger partial charge in [0.2, 0.25) is 10.0 Å². The van der Waals surface area contributed by atoms with Gasteiger partial charge in [0, 0.05) is 19.0 Å². The number of hydrogen-bond donors (Lipinski definition) is 0.